The molecule has 1 N–H and O–H groups in total. The molecule has 0 spiro atoms. The monoisotopic (exact) mass is 412 g/mol. The van der Waals surface area contributed by atoms with E-state index in [-0.39, 0.29) is 16.4 Å². The minimum atomic E-state index is -3.83. The van der Waals surface area contributed by atoms with Crippen molar-refractivity contribution in [2.75, 3.05) is 0 Å². The number of nitrogens with zero attached hydrogens (tertiary/aromatic N) is 1. The van der Waals surface area contributed by atoms with Gasteiger partial charge in [0.15, 0.2) is 14.9 Å². The van der Waals surface area contributed by atoms with E-state index in [1.54, 1.807) is 0 Å². The number of hydrogen-bond acceptors (Lipinski definition) is 6. The molecule has 0 saturated carbocycles. The summed E-state index contributed by atoms with van der Waals surface area (Å²) in [6, 6.07) is 4.22. The number of benzene rings is 1. The second kappa shape index (κ2) is 8.54. The summed E-state index contributed by atoms with van der Waals surface area (Å²) in [6.07, 6.45) is -2.98. The van der Waals surface area contributed by atoms with Crippen LogP contribution in [0.1, 0.15) is 6.42 Å². The van der Waals surface area contributed by atoms with Gasteiger partial charge in [0.2, 0.25) is 9.84 Å². The van der Waals surface area contributed by atoms with Gasteiger partial charge in [0.1, 0.15) is 6.04 Å². The van der Waals surface area contributed by atoms with Crippen molar-refractivity contribution < 1.29 is 25.6 Å². The molecular weight excluding hydrogens is 398 g/mol. The summed E-state index contributed by atoms with van der Waals surface area (Å²) in [6.45, 7) is 6.09. The van der Waals surface area contributed by atoms with Gasteiger partial charge in [-0.1, -0.05) is 24.8 Å². The van der Waals surface area contributed by atoms with Crippen LogP contribution >= 0.6 is 11.6 Å². The maximum absolute atomic E-state index is 12.4. The Balaban J connectivity index is 0.000000381. The van der Waals surface area contributed by atoms with Crippen molar-refractivity contribution in [2.45, 2.75) is 23.8 Å². The lowest BCUT2D eigenvalue weighted by atomic mass is 10.2. The van der Waals surface area contributed by atoms with E-state index in [9.17, 15) is 25.6 Å². The molecule has 1 atom stereocenters. The molecule has 0 radical (unpaired) electrons. The van der Waals surface area contributed by atoms with Crippen LogP contribution in [0.25, 0.3) is 0 Å². The lowest BCUT2D eigenvalue weighted by molar-refractivity contribution is 0.106. The topological polar surface area (TPSA) is 92.7 Å². The molecule has 1 aliphatic heterocycles. The van der Waals surface area contributed by atoms with E-state index in [0.29, 0.717) is 5.02 Å². The molecule has 0 aliphatic carbocycles. The zero-order chi connectivity index (χ0) is 19.3. The van der Waals surface area contributed by atoms with Crippen LogP contribution in [0.2, 0.25) is 5.02 Å². The highest BCUT2D eigenvalue weighted by atomic mass is 35.5. The van der Waals surface area contributed by atoms with Gasteiger partial charge in [-0.2, -0.15) is 5.10 Å². The number of hydrazone groups is 1. The van der Waals surface area contributed by atoms with Gasteiger partial charge < -0.3 is 0 Å². The van der Waals surface area contributed by atoms with Crippen molar-refractivity contribution in [1.29, 1.82) is 0 Å². The van der Waals surface area contributed by atoms with Crippen molar-refractivity contribution in [2.24, 2.45) is 5.10 Å². The van der Waals surface area contributed by atoms with E-state index in [2.05, 4.69) is 23.7 Å². The molecule has 1 aliphatic rings. The number of sulfone groups is 2. The predicted molar refractivity (Wildman–Crippen MR) is 92.9 cm³/mol. The van der Waals surface area contributed by atoms with E-state index >= 15 is 0 Å². The standard InChI is InChI=1S/C10H9ClF2N2O2S.C4H6O2S/c11-6-1-3-7(4-2-6)18(16,17)9-5-8(10(12)13)14-15-9;1-3-7(5,6)4-2/h1-4,8,10,14H,5H2;3-4H,1-2H2. The largest absolute Gasteiger partial charge is 0.300 e. The molecule has 138 valence electrons. The summed E-state index contributed by atoms with van der Waals surface area (Å²) in [5.74, 6) is 0. The maximum atomic E-state index is 12.4. The van der Waals surface area contributed by atoms with Crippen molar-refractivity contribution in [1.82, 2.24) is 5.43 Å². The quantitative estimate of drug-likeness (QED) is 0.820. The third kappa shape index (κ3) is 5.91. The molecule has 0 amide bonds. The SMILES string of the molecule is C=CS(=O)(=O)C=C.O=S(=O)(C1=NNC(C(F)F)C1)c1ccc(Cl)cc1. The Morgan fingerprint density at radius 1 is 1.16 bits per heavy atom. The molecule has 2 rings (SSSR count). The third-order valence-corrected chi connectivity index (χ3v) is 5.90. The second-order valence-electron chi connectivity index (χ2n) is 4.66. The fraction of sp³-hybridized carbons (Fsp3) is 0.214. The molecule has 1 aromatic carbocycles. The Kier molecular flexibility index (Phi) is 7.27. The molecule has 25 heavy (non-hydrogen) atoms. The van der Waals surface area contributed by atoms with Gasteiger partial charge in [-0.15, -0.1) is 0 Å². The van der Waals surface area contributed by atoms with Gasteiger partial charge in [-0.25, -0.2) is 25.6 Å². The highest BCUT2D eigenvalue weighted by Crippen LogP contribution is 2.22. The Labute approximate surface area is 149 Å². The molecule has 0 bridgehead atoms. The minimum Gasteiger partial charge on any atom is -0.300 e. The second-order valence-corrected chi connectivity index (χ2v) is 8.89. The first-order valence-electron chi connectivity index (χ1n) is 6.64. The smallest absolute Gasteiger partial charge is 0.260 e. The summed E-state index contributed by atoms with van der Waals surface area (Å²) < 4.78 is 69.2. The van der Waals surface area contributed by atoms with E-state index in [1.807, 2.05) is 0 Å². The van der Waals surface area contributed by atoms with Gasteiger partial charge >= 0.3 is 0 Å². The predicted octanol–water partition coefficient (Wildman–Crippen LogP) is 2.74. The average molecular weight is 413 g/mol. The average Bonchev–Trinajstić information content (AvgIpc) is 3.07. The molecule has 1 aromatic rings. The number of hydrogen-bond donors (Lipinski definition) is 1. The first-order valence-corrected chi connectivity index (χ1v) is 10.1. The van der Waals surface area contributed by atoms with Crippen molar-refractivity contribution in [3.05, 3.63) is 53.3 Å². The summed E-state index contributed by atoms with van der Waals surface area (Å²) >= 11 is 5.65. The highest BCUT2D eigenvalue weighted by molar-refractivity contribution is 8.06. The molecule has 0 aromatic heterocycles. The molecule has 11 heteroatoms. The molecule has 1 unspecified atom stereocenters. The normalized spacial score (nSPS) is 17.1. The van der Waals surface area contributed by atoms with Crippen LogP contribution in [0.3, 0.4) is 0 Å². The number of rotatable bonds is 4. The van der Waals surface area contributed by atoms with E-state index < -0.39 is 32.1 Å². The fourth-order valence-corrected chi connectivity index (χ4v) is 3.17. The molecular formula is C14H15ClF2N2O4S2. The van der Waals surface area contributed by atoms with Gasteiger partial charge in [0.25, 0.3) is 6.43 Å². The van der Waals surface area contributed by atoms with E-state index in [0.717, 1.165) is 10.8 Å². The molecule has 0 saturated heterocycles. The highest BCUT2D eigenvalue weighted by Gasteiger charge is 2.34. The summed E-state index contributed by atoms with van der Waals surface area (Å²) in [5.41, 5.74) is 2.13. The van der Waals surface area contributed by atoms with E-state index in [1.165, 1.54) is 24.3 Å². The van der Waals surface area contributed by atoms with Crippen LogP contribution in [0.5, 0.6) is 0 Å². The van der Waals surface area contributed by atoms with Gasteiger partial charge in [0, 0.05) is 22.3 Å². The van der Waals surface area contributed by atoms with Gasteiger partial charge in [-0.3, -0.25) is 5.43 Å². The summed E-state index contributed by atoms with van der Waals surface area (Å²) in [4.78, 5) is -0.0117. The van der Waals surface area contributed by atoms with Crippen LogP contribution in [-0.4, -0.2) is 34.3 Å². The Bertz CT molecular complexity index is 853. The van der Waals surface area contributed by atoms with Crippen molar-refractivity contribution in [3.63, 3.8) is 0 Å². The number of nitrogens with one attached hydrogen (secondary N) is 1. The third-order valence-electron chi connectivity index (χ3n) is 2.95. The lowest BCUT2D eigenvalue weighted by Gasteiger charge is -2.07. The zero-order valence-electron chi connectivity index (χ0n) is 12.8. The Morgan fingerprint density at radius 2 is 1.68 bits per heavy atom. The van der Waals surface area contributed by atoms with Crippen LogP contribution in [0.4, 0.5) is 8.78 Å². The van der Waals surface area contributed by atoms with E-state index in [4.69, 9.17) is 11.6 Å². The maximum Gasteiger partial charge on any atom is 0.260 e. The van der Waals surface area contributed by atoms with Crippen LogP contribution < -0.4 is 5.43 Å². The van der Waals surface area contributed by atoms with Gasteiger partial charge in [0.05, 0.1) is 4.90 Å². The number of alkyl halides is 2. The zero-order valence-corrected chi connectivity index (χ0v) is 15.2. The minimum absolute atomic E-state index is 0.0117. The lowest BCUT2D eigenvalue weighted by Crippen LogP contribution is -2.28. The Hall–Kier alpha value is -1.78. The van der Waals surface area contributed by atoms with Crippen molar-refractivity contribution >= 4 is 36.3 Å². The summed E-state index contributed by atoms with van der Waals surface area (Å²) in [5, 5.41) is 5.28. The van der Waals surface area contributed by atoms with Crippen LogP contribution in [0, 0.1) is 0 Å². The number of halogens is 3. The van der Waals surface area contributed by atoms with Crippen LogP contribution in [-0.2, 0) is 19.7 Å². The molecule has 0 fully saturated rings. The van der Waals surface area contributed by atoms with Crippen molar-refractivity contribution in [3.8, 4) is 0 Å². The van der Waals surface area contributed by atoms with Crippen LogP contribution in [0.15, 0.2) is 58.2 Å². The summed E-state index contributed by atoms with van der Waals surface area (Å²) in [7, 11) is -6.96. The Morgan fingerprint density at radius 3 is 2.04 bits per heavy atom. The fourth-order valence-electron chi connectivity index (χ4n) is 1.57. The first-order chi connectivity index (χ1) is 11.5. The molecule has 1 heterocycles. The van der Waals surface area contributed by atoms with Gasteiger partial charge in [-0.05, 0) is 24.3 Å². The first kappa shape index (κ1) is 21.3. The molecule has 6 nitrogen and oxygen atoms in total.